The van der Waals surface area contributed by atoms with Crippen LogP contribution in [0.1, 0.15) is 5.56 Å². The van der Waals surface area contributed by atoms with Gasteiger partial charge in [0, 0.05) is 19.9 Å². The molecule has 0 unspecified atom stereocenters. The van der Waals surface area contributed by atoms with E-state index in [0.717, 1.165) is 4.70 Å². The molecule has 1 aromatic carbocycles. The minimum absolute atomic E-state index is 0.0894. The van der Waals surface area contributed by atoms with Gasteiger partial charge in [0.1, 0.15) is 6.07 Å². The lowest BCUT2D eigenvalue weighted by Crippen LogP contribution is -1.83. The van der Waals surface area contributed by atoms with Gasteiger partial charge in [-0.3, -0.25) is 0 Å². The molecule has 0 fully saturated rings. The predicted octanol–water partition coefficient (Wildman–Crippen LogP) is 3.67. The largest absolute Gasteiger partial charge is 0.205 e. The number of hydrogen-bond acceptors (Lipinski definition) is 2. The molecule has 0 spiro atoms. The van der Waals surface area contributed by atoms with Crippen molar-refractivity contribution < 1.29 is 4.39 Å². The van der Waals surface area contributed by atoms with E-state index in [2.05, 4.69) is 15.9 Å². The fourth-order valence-corrected chi connectivity index (χ4v) is 2.75. The topological polar surface area (TPSA) is 23.8 Å². The summed E-state index contributed by atoms with van der Waals surface area (Å²) >= 11 is 4.69. The monoisotopic (exact) mass is 255 g/mol. The first-order valence-corrected chi connectivity index (χ1v) is 5.16. The lowest BCUT2D eigenvalue weighted by Gasteiger charge is -1.95. The van der Waals surface area contributed by atoms with Crippen LogP contribution in [0.5, 0.6) is 0 Å². The highest BCUT2D eigenvalue weighted by Gasteiger charge is 2.10. The lowest BCUT2D eigenvalue weighted by molar-refractivity contribution is 0.636. The maximum absolute atomic E-state index is 13.5. The summed E-state index contributed by atoms with van der Waals surface area (Å²) in [7, 11) is 0. The van der Waals surface area contributed by atoms with Gasteiger partial charge in [-0.2, -0.15) is 5.26 Å². The fraction of sp³-hybridized carbons (Fsp3) is 0. The second-order valence-corrected chi connectivity index (χ2v) is 4.26. The number of rotatable bonds is 0. The molecule has 1 heterocycles. The first kappa shape index (κ1) is 8.67. The van der Waals surface area contributed by atoms with Crippen molar-refractivity contribution in [2.75, 3.05) is 0 Å². The second kappa shape index (κ2) is 3.09. The van der Waals surface area contributed by atoms with Crippen LogP contribution >= 0.6 is 27.3 Å². The molecule has 2 rings (SSSR count). The van der Waals surface area contributed by atoms with Gasteiger partial charge in [0.15, 0.2) is 5.82 Å². The number of benzene rings is 1. The molecule has 0 saturated carbocycles. The minimum atomic E-state index is -0.437. The van der Waals surface area contributed by atoms with Crippen LogP contribution in [0, 0.1) is 17.1 Å². The Balaban J connectivity index is 2.93. The van der Waals surface area contributed by atoms with Gasteiger partial charge in [-0.1, -0.05) is 0 Å². The number of halogens is 2. The molecule has 64 valence electrons. The quantitative estimate of drug-likeness (QED) is 0.705. The summed E-state index contributed by atoms with van der Waals surface area (Å²) < 4.78 is 15.1. The molecule has 0 saturated heterocycles. The highest BCUT2D eigenvalue weighted by Crippen LogP contribution is 2.33. The van der Waals surface area contributed by atoms with Crippen molar-refractivity contribution in [3.8, 4) is 6.07 Å². The summed E-state index contributed by atoms with van der Waals surface area (Å²) in [5.41, 5.74) is 0.0894. The number of nitrogens with zero attached hydrogens (tertiary/aromatic N) is 1. The zero-order valence-electron chi connectivity index (χ0n) is 6.34. The van der Waals surface area contributed by atoms with Crippen molar-refractivity contribution in [2.24, 2.45) is 0 Å². The average Bonchev–Trinajstić information content (AvgIpc) is 2.49. The van der Waals surface area contributed by atoms with Crippen molar-refractivity contribution in [1.82, 2.24) is 0 Å². The van der Waals surface area contributed by atoms with Gasteiger partial charge in [-0.25, -0.2) is 4.39 Å². The van der Waals surface area contributed by atoms with Crippen LogP contribution in [-0.2, 0) is 0 Å². The van der Waals surface area contributed by atoms with Crippen LogP contribution in [0.25, 0.3) is 10.1 Å². The molecule has 0 amide bonds. The molecule has 0 N–H and O–H groups in total. The first-order chi connectivity index (χ1) is 6.24. The molecule has 0 aliphatic rings. The highest BCUT2D eigenvalue weighted by molar-refractivity contribution is 9.10. The average molecular weight is 256 g/mol. The van der Waals surface area contributed by atoms with E-state index in [1.165, 1.54) is 17.4 Å². The minimum Gasteiger partial charge on any atom is -0.205 e. The summed E-state index contributed by atoms with van der Waals surface area (Å²) in [6.45, 7) is 0. The third-order valence-electron chi connectivity index (χ3n) is 1.75. The van der Waals surface area contributed by atoms with Crippen LogP contribution in [0.4, 0.5) is 4.39 Å². The van der Waals surface area contributed by atoms with Crippen LogP contribution in [0.2, 0.25) is 0 Å². The Morgan fingerprint density at radius 1 is 1.46 bits per heavy atom. The molecule has 13 heavy (non-hydrogen) atoms. The smallest absolute Gasteiger partial charge is 0.150 e. The first-order valence-electron chi connectivity index (χ1n) is 3.49. The standard InChI is InChI=1S/C9H3BrFNS/c10-6-4-13-7-2-1-5(3-12)9(11)8(6)7/h1-2,4H. The molecule has 0 aliphatic carbocycles. The Morgan fingerprint density at radius 2 is 2.23 bits per heavy atom. The zero-order valence-corrected chi connectivity index (χ0v) is 8.75. The van der Waals surface area contributed by atoms with Crippen molar-refractivity contribution in [2.45, 2.75) is 0 Å². The van der Waals surface area contributed by atoms with Gasteiger partial charge >= 0.3 is 0 Å². The molecule has 1 aromatic heterocycles. The molecule has 2 aromatic rings. The van der Waals surface area contributed by atoms with Gasteiger partial charge in [0.25, 0.3) is 0 Å². The third-order valence-corrected chi connectivity index (χ3v) is 3.63. The zero-order chi connectivity index (χ0) is 9.42. The van der Waals surface area contributed by atoms with E-state index in [1.54, 1.807) is 6.07 Å². The third kappa shape index (κ3) is 1.25. The van der Waals surface area contributed by atoms with Crippen LogP contribution in [-0.4, -0.2) is 0 Å². The molecule has 1 nitrogen and oxygen atoms in total. The summed E-state index contributed by atoms with van der Waals surface area (Å²) in [5, 5.41) is 10.9. The molecule has 0 atom stereocenters. The second-order valence-electron chi connectivity index (χ2n) is 2.50. The van der Waals surface area contributed by atoms with E-state index in [1.807, 2.05) is 11.4 Å². The van der Waals surface area contributed by atoms with Gasteiger partial charge in [0.05, 0.1) is 5.56 Å². The Kier molecular flexibility index (Phi) is 2.06. The Morgan fingerprint density at radius 3 is 2.92 bits per heavy atom. The predicted molar refractivity (Wildman–Crippen MR) is 54.2 cm³/mol. The maximum atomic E-state index is 13.5. The van der Waals surface area contributed by atoms with Crippen LogP contribution < -0.4 is 0 Å². The van der Waals surface area contributed by atoms with E-state index in [4.69, 9.17) is 5.26 Å². The summed E-state index contributed by atoms with van der Waals surface area (Å²) in [6.07, 6.45) is 0. The lowest BCUT2D eigenvalue weighted by atomic mass is 10.2. The molecule has 0 bridgehead atoms. The van der Waals surface area contributed by atoms with Gasteiger partial charge in [-0.15, -0.1) is 11.3 Å². The van der Waals surface area contributed by atoms with Crippen molar-refractivity contribution in [1.29, 1.82) is 5.26 Å². The Labute approximate surface area is 86.5 Å². The molecule has 0 radical (unpaired) electrons. The van der Waals surface area contributed by atoms with Crippen LogP contribution in [0.3, 0.4) is 0 Å². The van der Waals surface area contributed by atoms with Crippen LogP contribution in [0.15, 0.2) is 22.0 Å². The van der Waals surface area contributed by atoms with Crippen molar-refractivity contribution in [3.05, 3.63) is 33.4 Å². The number of fused-ring (bicyclic) bond motifs is 1. The van der Waals surface area contributed by atoms with Gasteiger partial charge in [-0.05, 0) is 28.1 Å². The van der Waals surface area contributed by atoms with E-state index in [-0.39, 0.29) is 5.56 Å². The summed E-state index contributed by atoms with van der Waals surface area (Å²) in [4.78, 5) is 0. The van der Waals surface area contributed by atoms with E-state index >= 15 is 0 Å². The normalized spacial score (nSPS) is 10.2. The summed E-state index contributed by atoms with van der Waals surface area (Å²) in [5.74, 6) is -0.437. The molecule has 4 heteroatoms. The SMILES string of the molecule is N#Cc1ccc2scc(Br)c2c1F. The van der Waals surface area contributed by atoms with Crippen molar-refractivity contribution >= 4 is 37.4 Å². The molecule has 0 aliphatic heterocycles. The Hall–Kier alpha value is -0.920. The van der Waals surface area contributed by atoms with Gasteiger partial charge in [0.2, 0.25) is 0 Å². The van der Waals surface area contributed by atoms with E-state index in [9.17, 15) is 4.39 Å². The van der Waals surface area contributed by atoms with Crippen molar-refractivity contribution in [3.63, 3.8) is 0 Å². The van der Waals surface area contributed by atoms with E-state index in [0.29, 0.717) is 9.86 Å². The summed E-state index contributed by atoms with van der Waals surface area (Å²) in [6, 6.07) is 5.07. The number of hydrogen-bond donors (Lipinski definition) is 0. The molecular formula is C9H3BrFNS. The Bertz CT molecular complexity index is 512. The highest BCUT2D eigenvalue weighted by atomic mass is 79.9. The maximum Gasteiger partial charge on any atom is 0.150 e. The van der Waals surface area contributed by atoms with E-state index < -0.39 is 5.82 Å². The fourth-order valence-electron chi connectivity index (χ4n) is 1.14. The number of thiophene rings is 1. The van der Waals surface area contributed by atoms with Gasteiger partial charge < -0.3 is 0 Å². The number of nitriles is 1. The molecular weight excluding hydrogens is 253 g/mol.